The third-order valence-electron chi connectivity index (χ3n) is 6.73. The molecule has 1 amide bonds. The lowest BCUT2D eigenvalue weighted by Crippen LogP contribution is -2.44. The van der Waals surface area contributed by atoms with Gasteiger partial charge in [0.1, 0.15) is 0 Å². The normalized spacial score (nSPS) is 16.9. The zero-order valence-electron chi connectivity index (χ0n) is 21.0. The predicted octanol–water partition coefficient (Wildman–Crippen LogP) is 2.84. The van der Waals surface area contributed by atoms with Crippen LogP contribution in [0, 0.1) is 5.92 Å². The van der Waals surface area contributed by atoms with E-state index in [2.05, 4.69) is 41.1 Å². The number of hydrogen-bond acceptors (Lipinski definition) is 3. The molecule has 1 fully saturated rings. The highest BCUT2D eigenvalue weighted by atomic mass is 16.3. The van der Waals surface area contributed by atoms with Crippen LogP contribution in [0.15, 0.2) is 56.0 Å². The monoisotopic (exact) mass is 476 g/mol. The van der Waals surface area contributed by atoms with E-state index in [0.717, 1.165) is 54.9 Å². The van der Waals surface area contributed by atoms with Crippen LogP contribution in [0.1, 0.15) is 37.3 Å². The van der Waals surface area contributed by atoms with Gasteiger partial charge in [-0.05, 0) is 67.5 Å². The number of likely N-dealkylation sites (tertiary alicyclic amines) is 1. The predicted molar refractivity (Wildman–Crippen MR) is 145 cm³/mol. The van der Waals surface area contributed by atoms with Gasteiger partial charge >= 0.3 is 0 Å². The molecule has 0 bridgehead atoms. The first-order chi connectivity index (χ1) is 17.0. The van der Waals surface area contributed by atoms with E-state index < -0.39 is 0 Å². The van der Waals surface area contributed by atoms with Crippen molar-refractivity contribution >= 4 is 24.1 Å². The van der Waals surface area contributed by atoms with Gasteiger partial charge in [0.15, 0.2) is 0 Å². The number of rotatable bonds is 12. The van der Waals surface area contributed by atoms with Gasteiger partial charge in [0, 0.05) is 61.4 Å². The fraction of sp³-hybridized carbons (Fsp3) is 0.414. The van der Waals surface area contributed by atoms with Crippen LogP contribution in [0.3, 0.4) is 0 Å². The molecule has 6 heteroatoms. The molecule has 188 valence electrons. The van der Waals surface area contributed by atoms with Gasteiger partial charge in [-0.2, -0.15) is 0 Å². The van der Waals surface area contributed by atoms with Crippen molar-refractivity contribution in [1.82, 2.24) is 19.8 Å². The topological polar surface area (TPSA) is 75.4 Å². The molecule has 3 N–H and O–H groups in total. The van der Waals surface area contributed by atoms with Gasteiger partial charge in [-0.3, -0.25) is 4.79 Å². The molecule has 1 aliphatic rings. The molecule has 1 unspecified atom stereocenters. The maximum absolute atomic E-state index is 12.5. The van der Waals surface area contributed by atoms with Crippen LogP contribution >= 0.6 is 0 Å². The van der Waals surface area contributed by atoms with Crippen LogP contribution in [-0.4, -0.2) is 69.6 Å². The van der Waals surface area contributed by atoms with Gasteiger partial charge in [0.2, 0.25) is 5.91 Å². The summed E-state index contributed by atoms with van der Waals surface area (Å²) in [4.78, 5) is 23.1. The smallest absolute Gasteiger partial charge is 0.246 e. The highest BCUT2D eigenvalue weighted by molar-refractivity contribution is 5.91. The molecule has 35 heavy (non-hydrogen) atoms. The molecule has 3 heterocycles. The number of H-pyrrole nitrogens is 2. The summed E-state index contributed by atoms with van der Waals surface area (Å²) >= 11 is 0. The number of aliphatic hydroxyl groups is 1. The summed E-state index contributed by atoms with van der Waals surface area (Å²) in [5.74, 6) is 0.260. The van der Waals surface area contributed by atoms with Crippen molar-refractivity contribution in [2.24, 2.45) is 5.92 Å². The number of nitrogens with one attached hydrogen (secondary N) is 2. The van der Waals surface area contributed by atoms with Crippen molar-refractivity contribution in [2.75, 3.05) is 32.7 Å². The second kappa shape index (κ2) is 13.7. The second-order valence-electron chi connectivity index (χ2n) is 9.20. The molecular formula is C29H40N4O2. The lowest BCUT2D eigenvalue weighted by Gasteiger charge is -2.35. The highest BCUT2D eigenvalue weighted by Gasteiger charge is 2.27. The molecule has 1 saturated heterocycles. The molecule has 1 aliphatic heterocycles. The number of aromatic nitrogens is 2. The first-order valence-electron chi connectivity index (χ1n) is 12.7. The highest BCUT2D eigenvalue weighted by Crippen LogP contribution is 2.22. The van der Waals surface area contributed by atoms with Crippen LogP contribution in [0.4, 0.5) is 0 Å². The third kappa shape index (κ3) is 7.70. The summed E-state index contributed by atoms with van der Waals surface area (Å²) in [6.07, 6.45) is 20.1. The summed E-state index contributed by atoms with van der Waals surface area (Å²) in [6.45, 7) is 13.7. The van der Waals surface area contributed by atoms with Crippen molar-refractivity contribution in [3.63, 3.8) is 0 Å². The van der Waals surface area contributed by atoms with E-state index in [1.807, 2.05) is 47.7 Å². The summed E-state index contributed by atoms with van der Waals surface area (Å²) < 4.78 is 0. The van der Waals surface area contributed by atoms with E-state index >= 15 is 0 Å². The molecule has 0 aliphatic carbocycles. The number of allylic oxidation sites excluding steroid dienone is 2. The third-order valence-corrected chi connectivity index (χ3v) is 6.73. The Morgan fingerprint density at radius 2 is 2.00 bits per heavy atom. The Bertz CT molecular complexity index is 1090. The number of nitrogens with zero attached hydrogens (tertiary/aromatic N) is 2. The molecule has 2 aromatic heterocycles. The minimum atomic E-state index is -0.385. The van der Waals surface area contributed by atoms with Crippen LogP contribution in [-0.2, 0) is 11.2 Å². The molecule has 0 radical (unpaired) electrons. The standard InChI is InChI=1S/C29H40N4O2/c1-4-7-26-25(21-31-27(26)8-5-2)12-17-32(16-6-3)22-28(34)24-13-18-33(19-14-24)29(35)10-9-23-11-15-30-20-23/h4-5,7-11,15,20-21,24,28,30-31,34H,1-2,6,12-14,16-19,22H2,3H3/b10-9+,26-7-,27-8+. The summed E-state index contributed by atoms with van der Waals surface area (Å²) in [5, 5.41) is 13.2. The lowest BCUT2D eigenvalue weighted by molar-refractivity contribution is -0.128. The minimum Gasteiger partial charge on any atom is -0.392 e. The average molecular weight is 477 g/mol. The fourth-order valence-electron chi connectivity index (χ4n) is 4.79. The van der Waals surface area contributed by atoms with Gasteiger partial charge in [-0.1, -0.05) is 38.3 Å². The van der Waals surface area contributed by atoms with Gasteiger partial charge < -0.3 is 24.9 Å². The zero-order valence-corrected chi connectivity index (χ0v) is 21.0. The molecule has 6 nitrogen and oxygen atoms in total. The molecule has 0 aromatic carbocycles. The maximum Gasteiger partial charge on any atom is 0.246 e. The number of carbonyl (C=O) groups is 1. The Labute approximate surface area is 209 Å². The summed E-state index contributed by atoms with van der Waals surface area (Å²) in [5.41, 5.74) is 2.23. The molecule has 0 spiro atoms. The second-order valence-corrected chi connectivity index (χ2v) is 9.20. The van der Waals surface area contributed by atoms with Crippen molar-refractivity contribution in [2.45, 2.75) is 38.7 Å². The van der Waals surface area contributed by atoms with Crippen molar-refractivity contribution in [3.8, 4) is 0 Å². The number of amides is 1. The number of carbonyl (C=O) groups excluding carboxylic acids is 1. The van der Waals surface area contributed by atoms with Crippen LogP contribution in [0.2, 0.25) is 0 Å². The van der Waals surface area contributed by atoms with E-state index in [4.69, 9.17) is 0 Å². The van der Waals surface area contributed by atoms with Gasteiger partial charge in [-0.25, -0.2) is 0 Å². The zero-order chi connectivity index (χ0) is 25.0. The van der Waals surface area contributed by atoms with Crippen molar-refractivity contribution < 1.29 is 9.90 Å². The molecule has 0 saturated carbocycles. The quantitative estimate of drug-likeness (QED) is 0.413. The van der Waals surface area contributed by atoms with E-state index in [1.54, 1.807) is 12.2 Å². The van der Waals surface area contributed by atoms with E-state index in [9.17, 15) is 9.90 Å². The largest absolute Gasteiger partial charge is 0.392 e. The lowest BCUT2D eigenvalue weighted by atomic mass is 9.90. The summed E-state index contributed by atoms with van der Waals surface area (Å²) in [6, 6.07) is 1.93. The van der Waals surface area contributed by atoms with Crippen molar-refractivity contribution in [3.05, 3.63) is 77.7 Å². The Kier molecular flexibility index (Phi) is 10.4. The minimum absolute atomic E-state index is 0.0402. The Morgan fingerprint density at radius 3 is 2.66 bits per heavy atom. The Balaban J connectivity index is 1.52. The van der Waals surface area contributed by atoms with Gasteiger partial charge in [-0.15, -0.1) is 0 Å². The van der Waals surface area contributed by atoms with E-state index in [1.165, 1.54) is 5.56 Å². The molecule has 3 rings (SSSR count). The summed E-state index contributed by atoms with van der Waals surface area (Å²) in [7, 11) is 0. The number of aromatic amines is 2. The van der Waals surface area contributed by atoms with E-state index in [0.29, 0.717) is 19.6 Å². The number of piperidine rings is 1. The van der Waals surface area contributed by atoms with E-state index in [-0.39, 0.29) is 17.9 Å². The van der Waals surface area contributed by atoms with Crippen LogP contribution in [0.5, 0.6) is 0 Å². The van der Waals surface area contributed by atoms with Crippen molar-refractivity contribution in [1.29, 1.82) is 0 Å². The fourth-order valence-corrected chi connectivity index (χ4v) is 4.79. The average Bonchev–Trinajstić information content (AvgIpc) is 3.52. The van der Waals surface area contributed by atoms with Crippen LogP contribution < -0.4 is 10.6 Å². The molecule has 2 aromatic rings. The molecule has 1 atom stereocenters. The number of hydrogen-bond donors (Lipinski definition) is 3. The van der Waals surface area contributed by atoms with Gasteiger partial charge in [0.25, 0.3) is 0 Å². The Morgan fingerprint density at radius 1 is 1.23 bits per heavy atom. The Hall–Kier alpha value is -3.09. The first-order valence-corrected chi connectivity index (χ1v) is 12.7. The van der Waals surface area contributed by atoms with Crippen LogP contribution in [0.25, 0.3) is 18.2 Å². The SMILES string of the molecule is C=C/C=c1/c(CCN(CCC)CC(O)C2CCN(C(=O)/C=C/c3cc[nH]c3)CC2)c[nH]/c1=C/C=C. The maximum atomic E-state index is 12.5. The number of aliphatic hydroxyl groups excluding tert-OH is 1. The van der Waals surface area contributed by atoms with Gasteiger partial charge in [0.05, 0.1) is 6.10 Å². The first kappa shape index (κ1) is 26.5. The molecular weight excluding hydrogens is 436 g/mol.